The maximum absolute atomic E-state index is 12.9. The van der Waals surface area contributed by atoms with Gasteiger partial charge in [0.1, 0.15) is 0 Å². The van der Waals surface area contributed by atoms with Crippen molar-refractivity contribution in [2.24, 2.45) is 0 Å². The van der Waals surface area contributed by atoms with Crippen LogP contribution in [-0.2, 0) is 6.18 Å². The van der Waals surface area contributed by atoms with E-state index in [0.717, 1.165) is 0 Å². The van der Waals surface area contributed by atoms with Crippen LogP contribution in [0, 0.1) is 20.2 Å². The summed E-state index contributed by atoms with van der Waals surface area (Å²) in [5.41, 5.74) is -3.76. The van der Waals surface area contributed by atoms with Gasteiger partial charge in [-0.15, -0.1) is 0 Å². The van der Waals surface area contributed by atoms with Gasteiger partial charge in [0.25, 0.3) is 11.4 Å². The third kappa shape index (κ3) is 4.38. The Morgan fingerprint density at radius 3 is 1.92 bits per heavy atom. The van der Waals surface area contributed by atoms with Gasteiger partial charge in [-0.25, -0.2) is 0 Å². The summed E-state index contributed by atoms with van der Waals surface area (Å²) in [7, 11) is 0. The Morgan fingerprint density at radius 2 is 1.58 bits per heavy atom. The number of nitro groups is 2. The van der Waals surface area contributed by atoms with Crippen LogP contribution in [0.3, 0.4) is 0 Å². The van der Waals surface area contributed by atoms with E-state index < -0.39 is 44.8 Å². The van der Waals surface area contributed by atoms with E-state index >= 15 is 0 Å². The highest BCUT2D eigenvalue weighted by molar-refractivity contribution is 5.76. The fourth-order valence-electron chi connectivity index (χ4n) is 2.90. The Bertz CT molecular complexity index is 667. The SMILES string of the molecule is C[C@@H](O)CN1CCN(c2c([N+](=O)[O-])cc(C(F)(F)F)cc2[N+](=O)[O-])CC1. The summed E-state index contributed by atoms with van der Waals surface area (Å²) in [4.78, 5) is 23.7. The molecule has 0 radical (unpaired) electrons. The van der Waals surface area contributed by atoms with E-state index in [1.54, 1.807) is 6.92 Å². The summed E-state index contributed by atoms with van der Waals surface area (Å²) in [5, 5.41) is 31.9. The molecule has 0 amide bonds. The Morgan fingerprint density at radius 1 is 1.12 bits per heavy atom. The number of hydrogen-bond donors (Lipinski definition) is 1. The lowest BCUT2D eigenvalue weighted by molar-refractivity contribution is -0.393. The molecule has 0 spiro atoms. The second-order valence-electron chi connectivity index (χ2n) is 6.01. The predicted octanol–water partition coefficient (Wildman–Crippen LogP) is 2.02. The molecule has 0 aliphatic carbocycles. The van der Waals surface area contributed by atoms with Gasteiger partial charge in [-0.1, -0.05) is 0 Å². The largest absolute Gasteiger partial charge is 0.416 e. The quantitative estimate of drug-likeness (QED) is 0.616. The summed E-state index contributed by atoms with van der Waals surface area (Å²) in [6, 6.07) is 0.648. The molecule has 2 rings (SSSR count). The summed E-state index contributed by atoms with van der Waals surface area (Å²) in [6.45, 7) is 2.99. The molecule has 0 unspecified atom stereocenters. The van der Waals surface area contributed by atoms with Crippen LogP contribution >= 0.6 is 0 Å². The van der Waals surface area contributed by atoms with Crippen LogP contribution in [0.5, 0.6) is 0 Å². The van der Waals surface area contributed by atoms with Crippen LogP contribution in [0.15, 0.2) is 12.1 Å². The molecular formula is C14H17F3N4O5. The molecule has 1 aromatic carbocycles. The lowest BCUT2D eigenvalue weighted by Crippen LogP contribution is -2.48. The summed E-state index contributed by atoms with van der Waals surface area (Å²) < 4.78 is 38.8. The van der Waals surface area contributed by atoms with Crippen molar-refractivity contribution in [2.75, 3.05) is 37.6 Å². The van der Waals surface area contributed by atoms with Crippen molar-refractivity contribution in [3.8, 4) is 0 Å². The number of aliphatic hydroxyl groups is 1. The van der Waals surface area contributed by atoms with Crippen molar-refractivity contribution in [2.45, 2.75) is 19.2 Å². The Labute approximate surface area is 145 Å². The number of β-amino-alcohol motifs (C(OH)–C–C–N with tert-alkyl or cyclic N) is 1. The molecular weight excluding hydrogens is 361 g/mol. The van der Waals surface area contributed by atoms with Crippen LogP contribution in [0.4, 0.5) is 30.2 Å². The third-order valence-corrected chi connectivity index (χ3v) is 4.00. The molecule has 1 atom stereocenters. The number of anilines is 1. The van der Waals surface area contributed by atoms with Crippen LogP contribution in [0.25, 0.3) is 0 Å². The number of aliphatic hydroxyl groups excluding tert-OH is 1. The zero-order valence-corrected chi connectivity index (χ0v) is 13.8. The monoisotopic (exact) mass is 378 g/mol. The first kappa shape index (κ1) is 19.8. The van der Waals surface area contributed by atoms with Crippen LogP contribution in [-0.4, -0.2) is 58.7 Å². The maximum atomic E-state index is 12.9. The van der Waals surface area contributed by atoms with E-state index in [0.29, 0.717) is 31.8 Å². The van der Waals surface area contributed by atoms with Gasteiger partial charge in [0.2, 0.25) is 0 Å². The van der Waals surface area contributed by atoms with E-state index in [2.05, 4.69) is 0 Å². The van der Waals surface area contributed by atoms with Crippen molar-refractivity contribution in [1.29, 1.82) is 0 Å². The molecule has 1 aromatic rings. The lowest BCUT2D eigenvalue weighted by atomic mass is 10.1. The van der Waals surface area contributed by atoms with Crippen molar-refractivity contribution >= 4 is 17.1 Å². The second-order valence-corrected chi connectivity index (χ2v) is 6.01. The number of piperazine rings is 1. The van der Waals surface area contributed by atoms with Crippen LogP contribution < -0.4 is 4.90 Å². The summed E-state index contributed by atoms with van der Waals surface area (Å²) >= 11 is 0. The number of nitrogens with zero attached hydrogens (tertiary/aromatic N) is 4. The van der Waals surface area contributed by atoms with Gasteiger partial charge in [-0.3, -0.25) is 25.1 Å². The molecule has 0 bridgehead atoms. The van der Waals surface area contributed by atoms with E-state index in [1.807, 2.05) is 4.90 Å². The number of halogens is 3. The molecule has 1 heterocycles. The number of hydrogen-bond acceptors (Lipinski definition) is 7. The van der Waals surface area contributed by atoms with Crippen molar-refractivity contribution in [1.82, 2.24) is 4.90 Å². The highest BCUT2D eigenvalue weighted by Crippen LogP contribution is 2.43. The highest BCUT2D eigenvalue weighted by atomic mass is 19.4. The van der Waals surface area contributed by atoms with Crippen LogP contribution in [0.1, 0.15) is 12.5 Å². The average molecular weight is 378 g/mol. The van der Waals surface area contributed by atoms with Crippen LogP contribution in [0.2, 0.25) is 0 Å². The highest BCUT2D eigenvalue weighted by Gasteiger charge is 2.39. The number of benzene rings is 1. The van der Waals surface area contributed by atoms with Gasteiger partial charge in [0.15, 0.2) is 5.69 Å². The fourth-order valence-corrected chi connectivity index (χ4v) is 2.90. The number of rotatable bonds is 5. The standard InChI is InChI=1S/C14H17F3N4O5/c1-9(22)8-18-2-4-19(5-3-18)13-11(20(23)24)6-10(14(15,16)17)7-12(13)21(25)26/h6-7,9,22H,2-5,8H2,1H3/t9-/m1/s1. The van der Waals surface area contributed by atoms with Gasteiger partial charge in [-0.2, -0.15) is 13.2 Å². The van der Waals surface area contributed by atoms with Gasteiger partial charge >= 0.3 is 6.18 Å². The summed E-state index contributed by atoms with van der Waals surface area (Å²) in [6.07, 6.45) is -5.53. The Balaban J connectivity index is 2.44. The zero-order valence-electron chi connectivity index (χ0n) is 13.8. The second kappa shape index (κ2) is 7.41. The fraction of sp³-hybridized carbons (Fsp3) is 0.571. The maximum Gasteiger partial charge on any atom is 0.416 e. The average Bonchev–Trinajstić information content (AvgIpc) is 2.52. The molecule has 12 heteroatoms. The van der Waals surface area contributed by atoms with Crippen molar-refractivity contribution in [3.05, 3.63) is 37.9 Å². The Kier molecular flexibility index (Phi) is 5.66. The van der Waals surface area contributed by atoms with Crippen molar-refractivity contribution < 1.29 is 28.1 Å². The third-order valence-electron chi connectivity index (χ3n) is 4.00. The van der Waals surface area contributed by atoms with E-state index in [1.165, 1.54) is 4.90 Å². The first-order valence-corrected chi connectivity index (χ1v) is 7.70. The molecule has 144 valence electrons. The molecule has 1 fully saturated rings. The minimum absolute atomic E-state index is 0.153. The first-order chi connectivity index (χ1) is 12.0. The minimum Gasteiger partial charge on any atom is -0.392 e. The number of alkyl halides is 3. The normalized spacial score (nSPS) is 17.2. The molecule has 1 aliphatic heterocycles. The molecule has 0 aromatic heterocycles. The van der Waals surface area contributed by atoms with Gasteiger partial charge in [0, 0.05) is 44.9 Å². The molecule has 1 N–H and O–H groups in total. The van der Waals surface area contributed by atoms with Crippen molar-refractivity contribution in [3.63, 3.8) is 0 Å². The summed E-state index contributed by atoms with van der Waals surface area (Å²) in [5.74, 6) is 0. The molecule has 26 heavy (non-hydrogen) atoms. The predicted molar refractivity (Wildman–Crippen MR) is 85.1 cm³/mol. The molecule has 1 saturated heterocycles. The lowest BCUT2D eigenvalue weighted by Gasteiger charge is -2.36. The molecule has 0 saturated carbocycles. The van der Waals surface area contributed by atoms with Gasteiger partial charge in [-0.05, 0) is 6.92 Å². The van der Waals surface area contributed by atoms with E-state index in [-0.39, 0.29) is 13.1 Å². The zero-order chi connectivity index (χ0) is 19.6. The first-order valence-electron chi connectivity index (χ1n) is 7.70. The minimum atomic E-state index is -4.94. The molecule has 9 nitrogen and oxygen atoms in total. The Hall–Kier alpha value is -2.47. The smallest absolute Gasteiger partial charge is 0.392 e. The molecule has 1 aliphatic rings. The van der Waals surface area contributed by atoms with Gasteiger partial charge < -0.3 is 10.0 Å². The van der Waals surface area contributed by atoms with Gasteiger partial charge in [0.05, 0.1) is 21.5 Å². The van der Waals surface area contributed by atoms with E-state index in [9.17, 15) is 38.5 Å². The van der Waals surface area contributed by atoms with E-state index in [4.69, 9.17) is 0 Å². The topological polar surface area (TPSA) is 113 Å². The number of nitro benzene ring substituents is 2.